The smallest absolute Gasteiger partial charge is 0.328 e. The Labute approximate surface area is 146 Å². The van der Waals surface area contributed by atoms with Crippen molar-refractivity contribution in [1.82, 2.24) is 4.90 Å². The number of carbonyl (C=O) groups is 3. The van der Waals surface area contributed by atoms with Crippen LogP contribution in [0.15, 0.2) is 17.0 Å². The van der Waals surface area contributed by atoms with Gasteiger partial charge in [0.05, 0.1) is 17.0 Å². The van der Waals surface area contributed by atoms with Gasteiger partial charge in [-0.25, -0.2) is 4.79 Å². The number of methoxy groups -OCH3 is 1. The molecule has 126 valence electrons. The van der Waals surface area contributed by atoms with Gasteiger partial charge in [-0.05, 0) is 36.4 Å². The van der Waals surface area contributed by atoms with Crippen LogP contribution in [-0.2, 0) is 14.3 Å². The molecule has 2 aliphatic rings. The number of halogens is 1. The third-order valence-corrected chi connectivity index (χ3v) is 4.74. The number of thioether (sulfide) groups is 1. The predicted molar refractivity (Wildman–Crippen MR) is 86.9 cm³/mol. The quantitative estimate of drug-likeness (QED) is 0.598. The summed E-state index contributed by atoms with van der Waals surface area (Å²) in [6.45, 7) is 1.53. The van der Waals surface area contributed by atoms with Gasteiger partial charge in [0.1, 0.15) is 6.04 Å². The Balaban J connectivity index is 1.91. The largest absolute Gasteiger partial charge is 0.467 e. The van der Waals surface area contributed by atoms with Crippen molar-refractivity contribution in [3.05, 3.63) is 27.6 Å². The summed E-state index contributed by atoms with van der Waals surface area (Å²) in [5.74, 6) is -0.214. The number of amides is 2. The number of esters is 1. The molecule has 0 aliphatic carbocycles. The maximum atomic E-state index is 12.4. The van der Waals surface area contributed by atoms with Gasteiger partial charge < -0.3 is 14.2 Å². The molecule has 0 aromatic heterocycles. The Morgan fingerprint density at radius 3 is 2.71 bits per heavy atom. The van der Waals surface area contributed by atoms with Crippen molar-refractivity contribution >= 4 is 46.6 Å². The van der Waals surface area contributed by atoms with Gasteiger partial charge in [0.25, 0.3) is 11.1 Å². The molecule has 24 heavy (non-hydrogen) atoms. The van der Waals surface area contributed by atoms with Crippen LogP contribution >= 0.6 is 23.4 Å². The lowest BCUT2D eigenvalue weighted by molar-refractivity contribution is -0.148. The Morgan fingerprint density at radius 2 is 2.04 bits per heavy atom. The van der Waals surface area contributed by atoms with Crippen LogP contribution < -0.4 is 9.47 Å². The number of rotatable bonds is 3. The van der Waals surface area contributed by atoms with E-state index in [0.29, 0.717) is 22.1 Å². The van der Waals surface area contributed by atoms with Crippen LogP contribution in [0.1, 0.15) is 12.5 Å². The normalized spacial score (nSPS) is 19.1. The van der Waals surface area contributed by atoms with Crippen molar-refractivity contribution in [3.8, 4) is 11.5 Å². The first-order chi connectivity index (χ1) is 11.4. The minimum absolute atomic E-state index is 0.0995. The van der Waals surface area contributed by atoms with Gasteiger partial charge in [0, 0.05) is 6.07 Å². The van der Waals surface area contributed by atoms with E-state index in [-0.39, 0.29) is 11.7 Å². The molecule has 0 unspecified atom stereocenters. The van der Waals surface area contributed by atoms with Gasteiger partial charge in [-0.2, -0.15) is 0 Å². The molecule has 1 aromatic carbocycles. The van der Waals surface area contributed by atoms with Crippen LogP contribution in [0.5, 0.6) is 11.5 Å². The second-order valence-electron chi connectivity index (χ2n) is 4.98. The van der Waals surface area contributed by atoms with E-state index in [2.05, 4.69) is 4.74 Å². The third-order valence-electron chi connectivity index (χ3n) is 3.53. The second kappa shape index (κ2) is 6.37. The number of hydrogen-bond donors (Lipinski definition) is 0. The van der Waals surface area contributed by atoms with Crippen molar-refractivity contribution < 1.29 is 28.6 Å². The number of imide groups is 1. The molecule has 0 spiro atoms. The van der Waals surface area contributed by atoms with E-state index in [1.54, 1.807) is 12.1 Å². The Hall–Kier alpha value is -2.19. The van der Waals surface area contributed by atoms with Crippen molar-refractivity contribution in [2.24, 2.45) is 0 Å². The Bertz CT molecular complexity index is 777. The minimum atomic E-state index is -0.999. The summed E-state index contributed by atoms with van der Waals surface area (Å²) < 4.78 is 15.1. The van der Waals surface area contributed by atoms with Crippen LogP contribution in [0, 0.1) is 0 Å². The molecular weight excluding hydrogens is 358 g/mol. The first-order valence-electron chi connectivity index (χ1n) is 6.86. The number of nitrogens with zero attached hydrogens (tertiary/aromatic N) is 1. The molecule has 7 nitrogen and oxygen atoms in total. The predicted octanol–water partition coefficient (Wildman–Crippen LogP) is 2.67. The van der Waals surface area contributed by atoms with Crippen molar-refractivity contribution in [2.45, 2.75) is 13.0 Å². The summed E-state index contributed by atoms with van der Waals surface area (Å²) in [5, 5.41) is -0.187. The monoisotopic (exact) mass is 369 g/mol. The summed E-state index contributed by atoms with van der Waals surface area (Å²) in [5.41, 5.74) is 0.511. The highest BCUT2D eigenvalue weighted by atomic mass is 35.5. The van der Waals surface area contributed by atoms with Gasteiger partial charge >= 0.3 is 5.97 Å². The molecule has 0 N–H and O–H groups in total. The van der Waals surface area contributed by atoms with Crippen molar-refractivity contribution in [3.63, 3.8) is 0 Å². The fourth-order valence-electron chi connectivity index (χ4n) is 2.27. The van der Waals surface area contributed by atoms with E-state index in [9.17, 15) is 14.4 Å². The highest BCUT2D eigenvalue weighted by molar-refractivity contribution is 8.18. The zero-order chi connectivity index (χ0) is 17.4. The molecule has 0 radical (unpaired) electrons. The molecule has 3 rings (SSSR count). The Kier molecular flexibility index (Phi) is 4.42. The number of ether oxygens (including phenoxy) is 3. The molecule has 2 amide bonds. The maximum Gasteiger partial charge on any atom is 0.328 e. The number of carbonyl (C=O) groups excluding carboxylic acids is 3. The van der Waals surface area contributed by atoms with Gasteiger partial charge in [-0.15, -0.1) is 0 Å². The highest BCUT2D eigenvalue weighted by Crippen LogP contribution is 2.40. The van der Waals surface area contributed by atoms with Crippen molar-refractivity contribution in [2.75, 3.05) is 13.9 Å². The number of fused-ring (bicyclic) bond motifs is 1. The summed E-state index contributed by atoms with van der Waals surface area (Å²) in [6.07, 6.45) is 1.49. The zero-order valence-electron chi connectivity index (χ0n) is 12.7. The molecule has 1 atom stereocenters. The minimum Gasteiger partial charge on any atom is -0.467 e. The zero-order valence-corrected chi connectivity index (χ0v) is 14.3. The Morgan fingerprint density at radius 1 is 1.38 bits per heavy atom. The molecule has 0 saturated carbocycles. The molecule has 1 saturated heterocycles. The van der Waals surface area contributed by atoms with E-state index in [0.717, 1.165) is 16.7 Å². The average molecular weight is 370 g/mol. The number of benzene rings is 1. The lowest BCUT2D eigenvalue weighted by Crippen LogP contribution is -2.42. The molecule has 1 aromatic rings. The summed E-state index contributed by atoms with van der Waals surface area (Å²) in [7, 11) is 1.19. The maximum absolute atomic E-state index is 12.4. The number of hydrogen-bond acceptors (Lipinski definition) is 7. The standard InChI is InChI=1S/C15H12ClNO6S/c1-7(14(19)21-2)17-13(18)12(24-15(17)20)4-8-3-10-11(5-9(8)16)23-6-22-10/h3-5,7H,6H2,1-2H3/b12-4-/t7-/m1/s1. The van der Waals surface area contributed by atoms with E-state index < -0.39 is 23.2 Å². The van der Waals surface area contributed by atoms with E-state index in [4.69, 9.17) is 21.1 Å². The van der Waals surface area contributed by atoms with Gasteiger partial charge in [-0.3, -0.25) is 14.5 Å². The SMILES string of the molecule is COC(=O)[C@@H](C)N1C(=O)S/C(=C\c2cc3c(cc2Cl)OCO3)C1=O. The van der Waals surface area contributed by atoms with Crippen LogP contribution in [0.25, 0.3) is 6.08 Å². The van der Waals surface area contributed by atoms with Gasteiger partial charge in [-0.1, -0.05) is 11.6 Å². The third kappa shape index (κ3) is 2.83. The van der Waals surface area contributed by atoms with Crippen molar-refractivity contribution in [1.29, 1.82) is 0 Å². The molecule has 9 heteroatoms. The van der Waals surface area contributed by atoms with Gasteiger partial charge in [0.2, 0.25) is 6.79 Å². The first kappa shape index (κ1) is 16.7. The van der Waals surface area contributed by atoms with Crippen LogP contribution in [0.2, 0.25) is 5.02 Å². The molecule has 2 aliphatic heterocycles. The lowest BCUT2D eigenvalue weighted by atomic mass is 10.1. The molecule has 2 heterocycles. The first-order valence-corrected chi connectivity index (χ1v) is 8.06. The summed E-state index contributed by atoms with van der Waals surface area (Å²) in [6, 6.07) is 2.21. The topological polar surface area (TPSA) is 82.1 Å². The fraction of sp³-hybridized carbons (Fsp3) is 0.267. The lowest BCUT2D eigenvalue weighted by Gasteiger charge is -2.18. The fourth-order valence-corrected chi connectivity index (χ4v) is 3.38. The average Bonchev–Trinajstić information content (AvgIpc) is 3.10. The summed E-state index contributed by atoms with van der Waals surface area (Å²) >= 11 is 6.90. The molecular formula is C15H12ClNO6S. The van der Waals surface area contributed by atoms with E-state index in [1.165, 1.54) is 20.1 Å². The van der Waals surface area contributed by atoms with Crippen LogP contribution in [0.3, 0.4) is 0 Å². The highest BCUT2D eigenvalue weighted by Gasteiger charge is 2.41. The van der Waals surface area contributed by atoms with Crippen LogP contribution in [0.4, 0.5) is 4.79 Å². The molecule has 0 bridgehead atoms. The summed E-state index contributed by atoms with van der Waals surface area (Å²) in [4.78, 5) is 37.1. The van der Waals surface area contributed by atoms with E-state index in [1.807, 2.05) is 0 Å². The van der Waals surface area contributed by atoms with Crippen LogP contribution in [-0.4, -0.2) is 42.0 Å². The van der Waals surface area contributed by atoms with E-state index >= 15 is 0 Å². The van der Waals surface area contributed by atoms with Gasteiger partial charge in [0.15, 0.2) is 11.5 Å². The molecule has 1 fully saturated rings. The second-order valence-corrected chi connectivity index (χ2v) is 6.38.